The Kier molecular flexibility index (Phi) is 7.06. The van der Waals surface area contributed by atoms with Gasteiger partial charge in [0.1, 0.15) is 6.07 Å². The highest BCUT2D eigenvalue weighted by Crippen LogP contribution is 2.46. The molecular weight excluding hydrogens is 623 g/mol. The van der Waals surface area contributed by atoms with Crippen LogP contribution in [-0.4, -0.2) is 9.13 Å². The van der Waals surface area contributed by atoms with Gasteiger partial charge in [-0.2, -0.15) is 15.8 Å². The number of allylic oxidation sites excluding steroid dienone is 2. The molecule has 0 fully saturated rings. The number of nitrogens with zero attached hydrogens (tertiary/aromatic N) is 5. The fourth-order valence-corrected chi connectivity index (χ4v) is 8.45. The van der Waals surface area contributed by atoms with Gasteiger partial charge in [-0.3, -0.25) is 0 Å². The first kappa shape index (κ1) is 30.2. The standard InChI is InChI=1S/C46H31N5/c1-29-34(22-24-45(40(29)28-49)50-41-14-5-4-12-38(41)39-25-30(26-47)17-23-44(39)50)31-18-20-32(21-19-31)35-13-8-9-33(27-48)46(35)51-42-15-6-2-10-36(42)37-11-3-7-16-43(37)51/h2-21,23-25,29,34,40H,22H2,1H3/t29-,34?,40?/m1/s1. The molecule has 5 heteroatoms. The summed E-state index contributed by atoms with van der Waals surface area (Å²) in [5, 5.41) is 35.0. The van der Waals surface area contributed by atoms with E-state index in [9.17, 15) is 15.8 Å². The maximum atomic E-state index is 10.7. The Hall–Kier alpha value is -6.87. The monoisotopic (exact) mass is 653 g/mol. The smallest absolute Gasteiger partial charge is 0.101 e. The molecule has 0 aliphatic heterocycles. The van der Waals surface area contributed by atoms with Crippen LogP contribution in [0, 0.1) is 45.8 Å². The van der Waals surface area contributed by atoms with Crippen LogP contribution < -0.4 is 0 Å². The summed E-state index contributed by atoms with van der Waals surface area (Å²) in [6.45, 7) is 2.19. The average molecular weight is 654 g/mol. The second-order valence-electron chi connectivity index (χ2n) is 13.4. The third-order valence-corrected chi connectivity index (χ3v) is 10.9. The molecule has 0 saturated carbocycles. The van der Waals surface area contributed by atoms with Crippen molar-refractivity contribution >= 4 is 49.3 Å². The summed E-state index contributed by atoms with van der Waals surface area (Å²) in [7, 11) is 0. The highest BCUT2D eigenvalue weighted by atomic mass is 15.0. The van der Waals surface area contributed by atoms with Crippen molar-refractivity contribution in [2.24, 2.45) is 11.8 Å². The summed E-state index contributed by atoms with van der Waals surface area (Å²) in [5.74, 6) is -0.106. The molecule has 3 atom stereocenters. The van der Waals surface area contributed by atoms with Gasteiger partial charge in [-0.1, -0.05) is 104 Å². The lowest BCUT2D eigenvalue weighted by molar-refractivity contribution is 0.394. The van der Waals surface area contributed by atoms with Crippen molar-refractivity contribution in [3.8, 4) is 35.0 Å². The lowest BCUT2D eigenvalue weighted by atomic mass is 9.72. The molecule has 9 rings (SSSR count). The van der Waals surface area contributed by atoms with E-state index in [0.717, 1.165) is 72.5 Å². The number of hydrogen-bond acceptors (Lipinski definition) is 3. The molecule has 0 radical (unpaired) electrons. The van der Waals surface area contributed by atoms with Gasteiger partial charge >= 0.3 is 0 Å². The highest BCUT2D eigenvalue weighted by Gasteiger charge is 2.35. The second kappa shape index (κ2) is 11.9. The maximum absolute atomic E-state index is 10.7. The van der Waals surface area contributed by atoms with Crippen LogP contribution in [0.4, 0.5) is 0 Å². The number of para-hydroxylation sites is 4. The van der Waals surface area contributed by atoms with Crippen LogP contribution in [0.3, 0.4) is 0 Å². The Morgan fingerprint density at radius 2 is 1.20 bits per heavy atom. The number of fused-ring (bicyclic) bond motifs is 6. The van der Waals surface area contributed by atoms with Crippen molar-refractivity contribution in [3.05, 3.63) is 156 Å². The molecule has 0 bridgehead atoms. The molecule has 0 amide bonds. The summed E-state index contributed by atoms with van der Waals surface area (Å²) < 4.78 is 4.46. The molecular formula is C46H31N5. The Labute approximate surface area is 295 Å². The predicted octanol–water partition coefficient (Wildman–Crippen LogP) is 11.1. The fraction of sp³-hybridized carbons (Fsp3) is 0.109. The van der Waals surface area contributed by atoms with Gasteiger partial charge in [0, 0.05) is 32.8 Å². The van der Waals surface area contributed by atoms with Crippen molar-refractivity contribution in [1.82, 2.24) is 9.13 Å². The number of rotatable bonds is 4. The first-order chi connectivity index (χ1) is 25.1. The van der Waals surface area contributed by atoms with Gasteiger partial charge in [0.15, 0.2) is 0 Å². The second-order valence-corrected chi connectivity index (χ2v) is 13.4. The van der Waals surface area contributed by atoms with Crippen molar-refractivity contribution in [2.45, 2.75) is 19.3 Å². The quantitative estimate of drug-likeness (QED) is 0.189. The van der Waals surface area contributed by atoms with Crippen LogP contribution in [0.25, 0.3) is 66.1 Å². The SMILES string of the molecule is C[C@H]1C(C#N)C(n2c3ccccc3c3cc(C#N)ccc32)=CCC1c1ccc(-c2cccc(C#N)c2-n2c3ccccc3c3ccccc32)cc1. The van der Waals surface area contributed by atoms with Crippen molar-refractivity contribution in [1.29, 1.82) is 15.8 Å². The number of aromatic nitrogens is 2. The molecule has 0 N–H and O–H groups in total. The summed E-state index contributed by atoms with van der Waals surface area (Å²) >= 11 is 0. The van der Waals surface area contributed by atoms with E-state index in [-0.39, 0.29) is 17.8 Å². The summed E-state index contributed by atoms with van der Waals surface area (Å²) in [6, 6.07) is 52.9. The molecule has 2 aromatic heterocycles. The number of benzene rings is 6. The van der Waals surface area contributed by atoms with Crippen LogP contribution in [-0.2, 0) is 0 Å². The van der Waals surface area contributed by atoms with Crippen LogP contribution in [0.2, 0.25) is 0 Å². The molecule has 1 aliphatic rings. The molecule has 5 nitrogen and oxygen atoms in total. The fourth-order valence-electron chi connectivity index (χ4n) is 8.45. The van der Waals surface area contributed by atoms with E-state index in [2.05, 4.69) is 119 Å². The van der Waals surface area contributed by atoms with E-state index in [1.54, 1.807) is 0 Å². The third-order valence-electron chi connectivity index (χ3n) is 10.9. The van der Waals surface area contributed by atoms with Gasteiger partial charge < -0.3 is 9.13 Å². The largest absolute Gasteiger partial charge is 0.312 e. The third kappa shape index (κ3) is 4.59. The first-order valence-corrected chi connectivity index (χ1v) is 17.3. The minimum absolute atomic E-state index is 0.0607. The average Bonchev–Trinajstić information content (AvgIpc) is 3.70. The minimum Gasteiger partial charge on any atom is -0.312 e. The zero-order valence-corrected chi connectivity index (χ0v) is 28.0. The molecule has 2 unspecified atom stereocenters. The van der Waals surface area contributed by atoms with Gasteiger partial charge in [0.25, 0.3) is 0 Å². The predicted molar refractivity (Wildman–Crippen MR) is 205 cm³/mol. The van der Waals surface area contributed by atoms with Gasteiger partial charge in [-0.05, 0) is 71.8 Å². The maximum Gasteiger partial charge on any atom is 0.101 e. The van der Waals surface area contributed by atoms with E-state index in [1.807, 2.05) is 54.6 Å². The summed E-state index contributed by atoms with van der Waals surface area (Å²) in [5.41, 5.74) is 10.5. The minimum atomic E-state index is -0.327. The molecule has 1 aliphatic carbocycles. The lowest BCUT2D eigenvalue weighted by Crippen LogP contribution is -2.25. The number of nitriles is 3. The normalized spacial score (nSPS) is 17.3. The van der Waals surface area contributed by atoms with Crippen molar-refractivity contribution in [3.63, 3.8) is 0 Å². The van der Waals surface area contributed by atoms with E-state index < -0.39 is 0 Å². The molecule has 6 aromatic carbocycles. The van der Waals surface area contributed by atoms with Crippen LogP contribution >= 0.6 is 0 Å². The van der Waals surface area contributed by atoms with Crippen LogP contribution in [0.1, 0.15) is 36.0 Å². The van der Waals surface area contributed by atoms with E-state index in [0.29, 0.717) is 11.1 Å². The van der Waals surface area contributed by atoms with E-state index in [1.165, 1.54) is 5.56 Å². The van der Waals surface area contributed by atoms with Crippen molar-refractivity contribution < 1.29 is 0 Å². The van der Waals surface area contributed by atoms with Gasteiger partial charge in [0.2, 0.25) is 0 Å². The molecule has 240 valence electrons. The molecule has 0 saturated heterocycles. The molecule has 51 heavy (non-hydrogen) atoms. The summed E-state index contributed by atoms with van der Waals surface area (Å²) in [4.78, 5) is 0. The van der Waals surface area contributed by atoms with Crippen molar-refractivity contribution in [2.75, 3.05) is 0 Å². The summed E-state index contributed by atoms with van der Waals surface area (Å²) in [6.07, 6.45) is 3.04. The van der Waals surface area contributed by atoms with E-state index in [4.69, 9.17) is 0 Å². The van der Waals surface area contributed by atoms with Gasteiger partial charge in [-0.25, -0.2) is 0 Å². The van der Waals surface area contributed by atoms with Gasteiger partial charge in [-0.15, -0.1) is 0 Å². The molecule has 2 heterocycles. The van der Waals surface area contributed by atoms with Crippen LogP contribution in [0.15, 0.2) is 140 Å². The topological polar surface area (TPSA) is 81.2 Å². The Morgan fingerprint density at radius 3 is 1.82 bits per heavy atom. The zero-order chi connectivity index (χ0) is 34.6. The Bertz CT molecular complexity index is 2790. The first-order valence-electron chi connectivity index (χ1n) is 17.3. The number of hydrogen-bond donors (Lipinski definition) is 0. The Balaban J connectivity index is 1.12. The highest BCUT2D eigenvalue weighted by molar-refractivity contribution is 6.11. The molecule has 0 spiro atoms. The lowest BCUT2D eigenvalue weighted by Gasteiger charge is -2.34. The molecule has 8 aromatic rings. The van der Waals surface area contributed by atoms with Gasteiger partial charge in [0.05, 0.1) is 56.9 Å². The zero-order valence-electron chi connectivity index (χ0n) is 28.0. The van der Waals surface area contributed by atoms with Crippen LogP contribution in [0.5, 0.6) is 0 Å². The van der Waals surface area contributed by atoms with E-state index >= 15 is 0 Å². The Morgan fingerprint density at radius 1 is 0.588 bits per heavy atom.